The number of carbonyl (C=O) groups excluding carboxylic acids is 3. The lowest BCUT2D eigenvalue weighted by molar-refractivity contribution is -0.132. The number of pyridine rings is 1. The summed E-state index contributed by atoms with van der Waals surface area (Å²) in [4.78, 5) is 48.8. The van der Waals surface area contributed by atoms with Crippen molar-refractivity contribution in [1.82, 2.24) is 9.97 Å². The van der Waals surface area contributed by atoms with Crippen molar-refractivity contribution in [1.29, 1.82) is 0 Å². The van der Waals surface area contributed by atoms with Gasteiger partial charge in [0.1, 0.15) is 10.6 Å². The summed E-state index contributed by atoms with van der Waals surface area (Å²) in [5.41, 5.74) is 1.03. The van der Waals surface area contributed by atoms with E-state index in [1.54, 1.807) is 25.1 Å². The van der Waals surface area contributed by atoms with E-state index in [9.17, 15) is 19.5 Å². The van der Waals surface area contributed by atoms with E-state index in [1.165, 1.54) is 43.6 Å². The molecule has 0 bridgehead atoms. The van der Waals surface area contributed by atoms with Crippen molar-refractivity contribution in [3.05, 3.63) is 70.0 Å². The predicted octanol–water partition coefficient (Wildman–Crippen LogP) is 4.84. The average Bonchev–Trinajstić information content (AvgIpc) is 3.47. The number of hydrogen-bond acceptors (Lipinski definition) is 10. The van der Waals surface area contributed by atoms with Crippen molar-refractivity contribution >= 4 is 39.9 Å². The molecule has 1 saturated heterocycles. The molecule has 39 heavy (non-hydrogen) atoms. The van der Waals surface area contributed by atoms with Gasteiger partial charge in [0.05, 0.1) is 38.1 Å². The van der Waals surface area contributed by atoms with Crippen molar-refractivity contribution in [2.75, 3.05) is 25.7 Å². The van der Waals surface area contributed by atoms with Gasteiger partial charge in [0.25, 0.3) is 5.78 Å². The van der Waals surface area contributed by atoms with E-state index in [-0.39, 0.29) is 21.3 Å². The minimum absolute atomic E-state index is 0.118. The van der Waals surface area contributed by atoms with Crippen LogP contribution >= 0.6 is 11.3 Å². The number of hydrogen-bond donors (Lipinski definition) is 1. The third kappa shape index (κ3) is 5.49. The van der Waals surface area contributed by atoms with Crippen LogP contribution in [0.2, 0.25) is 0 Å². The number of aryl methyl sites for hydroxylation is 1. The highest BCUT2D eigenvalue weighted by molar-refractivity contribution is 7.17. The first-order valence-corrected chi connectivity index (χ1v) is 13.2. The molecule has 2 aromatic heterocycles. The molecule has 0 aliphatic carbocycles. The summed E-state index contributed by atoms with van der Waals surface area (Å²) in [6.07, 6.45) is 5.93. The Hall–Kier alpha value is -4.25. The number of anilines is 1. The normalized spacial score (nSPS) is 16.4. The van der Waals surface area contributed by atoms with Crippen molar-refractivity contribution in [3.63, 3.8) is 0 Å². The zero-order valence-corrected chi connectivity index (χ0v) is 22.9. The Balaban J connectivity index is 1.86. The molecular formula is C28H29N3O7S. The number of Topliss-reactive ketones (excluding diaryl/α,β-unsaturated/α-hetero) is 1. The lowest BCUT2D eigenvalue weighted by Gasteiger charge is -2.24. The maximum atomic E-state index is 13.4. The Labute approximate surface area is 229 Å². The van der Waals surface area contributed by atoms with Crippen LogP contribution in [-0.4, -0.2) is 53.6 Å². The molecule has 1 N–H and O–H groups in total. The fraction of sp³-hybridized carbons (Fsp3) is 0.321. The quantitative estimate of drug-likeness (QED) is 0.124. The van der Waals surface area contributed by atoms with Gasteiger partial charge in [-0.3, -0.25) is 19.5 Å². The van der Waals surface area contributed by atoms with Crippen LogP contribution in [0.25, 0.3) is 5.76 Å². The molecule has 1 aromatic carbocycles. The van der Waals surface area contributed by atoms with E-state index < -0.39 is 23.7 Å². The van der Waals surface area contributed by atoms with E-state index in [4.69, 9.17) is 14.2 Å². The van der Waals surface area contributed by atoms with Gasteiger partial charge in [-0.25, -0.2) is 9.78 Å². The number of ketones is 1. The summed E-state index contributed by atoms with van der Waals surface area (Å²) in [5, 5.41) is 11.4. The van der Waals surface area contributed by atoms with Gasteiger partial charge in [-0.1, -0.05) is 37.2 Å². The summed E-state index contributed by atoms with van der Waals surface area (Å²) in [6, 6.07) is 7.10. The third-order valence-corrected chi connectivity index (χ3v) is 7.41. The largest absolute Gasteiger partial charge is 0.507 e. The summed E-state index contributed by atoms with van der Waals surface area (Å²) in [7, 11) is 2.75. The molecule has 1 atom stereocenters. The Bertz CT molecular complexity index is 1420. The lowest BCUT2D eigenvalue weighted by atomic mass is 9.95. The number of amides is 1. The minimum Gasteiger partial charge on any atom is -0.507 e. The molecule has 0 radical (unpaired) electrons. The second kappa shape index (κ2) is 12.1. The van der Waals surface area contributed by atoms with Gasteiger partial charge in [-0.05, 0) is 43.2 Å². The summed E-state index contributed by atoms with van der Waals surface area (Å²) < 4.78 is 16.3. The SMILES string of the molecule is CCCCCOc1ccc(C2C(=C(O)c3ccncc3)C(=O)C(=O)N2c2nc(C)c(C(=O)OC)s2)cc1OC. The van der Waals surface area contributed by atoms with Crippen LogP contribution in [-0.2, 0) is 14.3 Å². The molecule has 1 aliphatic rings. The highest BCUT2D eigenvalue weighted by Crippen LogP contribution is 2.45. The fourth-order valence-corrected chi connectivity index (χ4v) is 5.30. The number of benzene rings is 1. The number of nitrogens with zero attached hydrogens (tertiary/aromatic N) is 3. The molecule has 204 valence electrons. The first kappa shape index (κ1) is 27.8. The Morgan fingerprint density at radius 1 is 1.10 bits per heavy atom. The monoisotopic (exact) mass is 551 g/mol. The van der Waals surface area contributed by atoms with E-state index in [0.29, 0.717) is 34.9 Å². The van der Waals surface area contributed by atoms with Crippen LogP contribution < -0.4 is 14.4 Å². The van der Waals surface area contributed by atoms with Crippen molar-refractivity contribution in [3.8, 4) is 11.5 Å². The molecule has 3 aromatic rings. The molecule has 3 heterocycles. The number of aliphatic hydroxyl groups is 1. The number of aromatic nitrogens is 2. The Morgan fingerprint density at radius 3 is 2.51 bits per heavy atom. The number of thiazole rings is 1. The summed E-state index contributed by atoms with van der Waals surface area (Å²) in [6.45, 7) is 4.23. The van der Waals surface area contributed by atoms with Gasteiger partial charge in [0.15, 0.2) is 16.6 Å². The van der Waals surface area contributed by atoms with Crippen LogP contribution in [0, 0.1) is 6.92 Å². The zero-order chi connectivity index (χ0) is 28.1. The minimum atomic E-state index is -1.06. The van der Waals surface area contributed by atoms with Gasteiger partial charge in [0.2, 0.25) is 0 Å². The van der Waals surface area contributed by atoms with Gasteiger partial charge < -0.3 is 19.3 Å². The summed E-state index contributed by atoms with van der Waals surface area (Å²) in [5.74, 6) is -1.82. The van der Waals surface area contributed by atoms with Gasteiger partial charge in [-0.15, -0.1) is 0 Å². The average molecular weight is 552 g/mol. The standard InChI is InChI=1S/C28H29N3O7S/c1-5-6-7-14-38-19-9-8-18(15-20(19)36-3)22-21(23(32)17-10-12-29-13-11-17)24(33)26(34)31(22)28-30-16(2)25(39-28)27(35)37-4/h8-13,15,22,32H,5-7,14H2,1-4H3. The van der Waals surface area contributed by atoms with Crippen LogP contribution in [0.3, 0.4) is 0 Å². The first-order chi connectivity index (χ1) is 18.8. The third-order valence-electron chi connectivity index (χ3n) is 6.27. The number of unbranched alkanes of at least 4 members (excludes halogenated alkanes) is 2. The Morgan fingerprint density at radius 2 is 1.85 bits per heavy atom. The van der Waals surface area contributed by atoms with Gasteiger partial charge in [0, 0.05) is 18.0 Å². The first-order valence-electron chi connectivity index (χ1n) is 12.4. The molecule has 1 unspecified atom stereocenters. The number of esters is 1. The predicted molar refractivity (Wildman–Crippen MR) is 145 cm³/mol. The van der Waals surface area contributed by atoms with Crippen molar-refractivity contribution in [2.45, 2.75) is 39.2 Å². The molecule has 1 amide bonds. The second-order valence-corrected chi connectivity index (χ2v) is 9.75. The fourth-order valence-electron chi connectivity index (χ4n) is 4.29. The van der Waals surface area contributed by atoms with Crippen molar-refractivity contribution < 1.29 is 33.7 Å². The highest BCUT2D eigenvalue weighted by Gasteiger charge is 2.48. The molecule has 4 rings (SSSR count). The summed E-state index contributed by atoms with van der Waals surface area (Å²) >= 11 is 0.929. The maximum absolute atomic E-state index is 13.4. The number of rotatable bonds is 10. The number of aliphatic hydroxyl groups excluding tert-OH is 1. The van der Waals surface area contributed by atoms with E-state index in [2.05, 4.69) is 16.9 Å². The molecule has 10 nitrogen and oxygen atoms in total. The number of methoxy groups -OCH3 is 2. The molecule has 0 spiro atoms. The molecule has 11 heteroatoms. The second-order valence-electron chi connectivity index (χ2n) is 8.77. The molecule has 0 saturated carbocycles. The molecule has 1 aliphatic heterocycles. The topological polar surface area (TPSA) is 128 Å². The van der Waals surface area contributed by atoms with Crippen molar-refractivity contribution in [2.24, 2.45) is 0 Å². The lowest BCUT2D eigenvalue weighted by Crippen LogP contribution is -2.29. The van der Waals surface area contributed by atoms with E-state index in [0.717, 1.165) is 30.6 Å². The number of ether oxygens (including phenoxy) is 3. The van der Waals surface area contributed by atoms with Gasteiger partial charge >= 0.3 is 11.9 Å². The maximum Gasteiger partial charge on any atom is 0.350 e. The van der Waals surface area contributed by atoms with Crippen LogP contribution in [0.15, 0.2) is 48.3 Å². The molecular weight excluding hydrogens is 522 g/mol. The van der Waals surface area contributed by atoms with E-state index >= 15 is 0 Å². The molecule has 1 fully saturated rings. The highest BCUT2D eigenvalue weighted by atomic mass is 32.1. The van der Waals surface area contributed by atoms with E-state index in [1.807, 2.05) is 0 Å². The smallest absolute Gasteiger partial charge is 0.350 e. The van der Waals surface area contributed by atoms with Gasteiger partial charge in [-0.2, -0.15) is 0 Å². The number of carbonyl (C=O) groups is 3. The zero-order valence-electron chi connectivity index (χ0n) is 22.1. The van der Waals surface area contributed by atoms with Crippen LogP contribution in [0.4, 0.5) is 5.13 Å². The Kier molecular flexibility index (Phi) is 8.60. The van der Waals surface area contributed by atoms with Crippen LogP contribution in [0.1, 0.15) is 58.7 Å². The van der Waals surface area contributed by atoms with Crippen LogP contribution in [0.5, 0.6) is 11.5 Å².